The van der Waals surface area contributed by atoms with Crippen molar-refractivity contribution in [3.05, 3.63) is 23.3 Å². The Bertz CT molecular complexity index is 465. The van der Waals surface area contributed by atoms with E-state index in [4.69, 9.17) is 9.47 Å². The molecule has 0 spiro atoms. The topological polar surface area (TPSA) is 52.6 Å². The minimum Gasteiger partial charge on any atom is -0.493 e. The second-order valence-electron chi connectivity index (χ2n) is 4.03. The van der Waals surface area contributed by atoms with Gasteiger partial charge in [0.05, 0.1) is 14.2 Å². The average molecular weight is 234 g/mol. The largest absolute Gasteiger partial charge is 0.493 e. The molecule has 4 nitrogen and oxygen atoms in total. The molecule has 1 unspecified atom stereocenters. The van der Waals surface area contributed by atoms with Crippen molar-refractivity contribution in [2.45, 2.75) is 12.8 Å². The van der Waals surface area contributed by atoms with Crippen LogP contribution < -0.4 is 9.47 Å². The number of carbonyl (C=O) groups is 2. The highest BCUT2D eigenvalue weighted by Gasteiger charge is 2.31. The maximum absolute atomic E-state index is 12.0. The molecule has 0 bridgehead atoms. The Morgan fingerprint density at radius 1 is 1.29 bits per heavy atom. The van der Waals surface area contributed by atoms with Gasteiger partial charge in [0.15, 0.2) is 17.3 Å². The molecule has 90 valence electrons. The summed E-state index contributed by atoms with van der Waals surface area (Å²) in [7, 11) is 3.09. The number of benzene rings is 1. The molecule has 2 rings (SSSR count). The Labute approximate surface area is 99.5 Å². The van der Waals surface area contributed by atoms with E-state index >= 15 is 0 Å². The van der Waals surface area contributed by atoms with Gasteiger partial charge in [0.25, 0.3) is 0 Å². The molecule has 0 aliphatic heterocycles. The zero-order valence-corrected chi connectivity index (χ0v) is 9.86. The lowest BCUT2D eigenvalue weighted by Crippen LogP contribution is -2.09. The molecule has 0 N–H and O–H groups in total. The normalized spacial score (nSPS) is 17.8. The highest BCUT2D eigenvalue weighted by molar-refractivity contribution is 6.03. The third-order valence-electron chi connectivity index (χ3n) is 3.09. The van der Waals surface area contributed by atoms with E-state index in [9.17, 15) is 9.59 Å². The molecule has 4 heteroatoms. The second-order valence-corrected chi connectivity index (χ2v) is 4.03. The highest BCUT2D eigenvalue weighted by Crippen LogP contribution is 2.37. The van der Waals surface area contributed by atoms with E-state index in [-0.39, 0.29) is 18.1 Å². The van der Waals surface area contributed by atoms with E-state index in [1.165, 1.54) is 7.11 Å². The van der Waals surface area contributed by atoms with E-state index in [2.05, 4.69) is 0 Å². The van der Waals surface area contributed by atoms with Crippen LogP contribution in [0.15, 0.2) is 12.1 Å². The summed E-state index contributed by atoms with van der Waals surface area (Å²) in [5.41, 5.74) is 1.58. The quantitative estimate of drug-likeness (QED) is 0.743. The van der Waals surface area contributed by atoms with Gasteiger partial charge in [0.1, 0.15) is 6.29 Å². The van der Waals surface area contributed by atoms with Crippen LogP contribution in [0.4, 0.5) is 0 Å². The Kier molecular flexibility index (Phi) is 3.13. The molecule has 0 heterocycles. The molecule has 17 heavy (non-hydrogen) atoms. The molecule has 1 atom stereocenters. The van der Waals surface area contributed by atoms with Crippen LogP contribution in [0.5, 0.6) is 11.5 Å². The van der Waals surface area contributed by atoms with Crippen molar-refractivity contribution in [3.8, 4) is 11.5 Å². The van der Waals surface area contributed by atoms with Crippen molar-refractivity contribution in [2.75, 3.05) is 14.2 Å². The standard InChI is InChI=1S/C13H14O4/c1-16-11-6-9-5-8(3-4-14)13(15)10(9)7-12(11)17-2/h4,6-8H,3,5H2,1-2H3. The van der Waals surface area contributed by atoms with E-state index in [1.54, 1.807) is 13.2 Å². The zero-order chi connectivity index (χ0) is 12.4. The number of hydrogen-bond acceptors (Lipinski definition) is 4. The summed E-state index contributed by atoms with van der Waals surface area (Å²) < 4.78 is 10.3. The lowest BCUT2D eigenvalue weighted by atomic mass is 10.0. The van der Waals surface area contributed by atoms with Crippen LogP contribution in [0.2, 0.25) is 0 Å². The Balaban J connectivity index is 2.41. The van der Waals surface area contributed by atoms with Crippen molar-refractivity contribution in [2.24, 2.45) is 5.92 Å². The summed E-state index contributed by atoms with van der Waals surface area (Å²) in [6.45, 7) is 0. The van der Waals surface area contributed by atoms with Crippen molar-refractivity contribution >= 4 is 12.1 Å². The molecular formula is C13H14O4. The van der Waals surface area contributed by atoms with Crippen LogP contribution in [-0.4, -0.2) is 26.3 Å². The SMILES string of the molecule is COc1cc2c(cc1OC)C(=O)C(CC=O)C2. The first-order valence-corrected chi connectivity index (χ1v) is 5.44. The summed E-state index contributed by atoms with van der Waals surface area (Å²) in [6, 6.07) is 3.51. The number of hydrogen-bond donors (Lipinski definition) is 0. The maximum Gasteiger partial charge on any atom is 0.167 e. The number of methoxy groups -OCH3 is 2. The van der Waals surface area contributed by atoms with Gasteiger partial charge < -0.3 is 14.3 Å². The zero-order valence-electron chi connectivity index (χ0n) is 9.86. The maximum atomic E-state index is 12.0. The number of carbonyl (C=O) groups excluding carboxylic acids is 2. The predicted molar refractivity (Wildman–Crippen MR) is 61.8 cm³/mol. The fourth-order valence-corrected chi connectivity index (χ4v) is 2.20. The van der Waals surface area contributed by atoms with Crippen LogP contribution in [0, 0.1) is 5.92 Å². The van der Waals surface area contributed by atoms with Gasteiger partial charge in [-0.15, -0.1) is 0 Å². The second kappa shape index (κ2) is 4.57. The molecule has 0 fully saturated rings. The van der Waals surface area contributed by atoms with E-state index in [1.807, 2.05) is 6.07 Å². The van der Waals surface area contributed by atoms with Gasteiger partial charge in [-0.25, -0.2) is 0 Å². The molecule has 1 aromatic rings. The van der Waals surface area contributed by atoms with Crippen molar-refractivity contribution < 1.29 is 19.1 Å². The number of aldehydes is 1. The molecule has 0 saturated heterocycles. The van der Waals surface area contributed by atoms with Gasteiger partial charge in [0, 0.05) is 17.9 Å². The van der Waals surface area contributed by atoms with Crippen molar-refractivity contribution in [3.63, 3.8) is 0 Å². The third kappa shape index (κ3) is 1.90. The molecule has 1 aliphatic carbocycles. The summed E-state index contributed by atoms with van der Waals surface area (Å²) in [6.07, 6.45) is 1.67. The Morgan fingerprint density at radius 3 is 2.53 bits per heavy atom. The minimum absolute atomic E-state index is 0.0213. The van der Waals surface area contributed by atoms with Crippen LogP contribution in [0.1, 0.15) is 22.3 Å². The van der Waals surface area contributed by atoms with Gasteiger partial charge in [-0.2, -0.15) is 0 Å². The number of Topliss-reactive ketones (excluding diaryl/α,β-unsaturated/α-hetero) is 1. The van der Waals surface area contributed by atoms with Gasteiger partial charge >= 0.3 is 0 Å². The fraction of sp³-hybridized carbons (Fsp3) is 0.385. The number of rotatable bonds is 4. The van der Waals surface area contributed by atoms with Crippen LogP contribution in [-0.2, 0) is 11.2 Å². The van der Waals surface area contributed by atoms with Gasteiger partial charge in [-0.1, -0.05) is 0 Å². The summed E-state index contributed by atoms with van der Waals surface area (Å²) in [5, 5.41) is 0. The monoisotopic (exact) mass is 234 g/mol. The average Bonchev–Trinajstić information content (AvgIpc) is 2.65. The molecule has 1 aromatic carbocycles. The lowest BCUT2D eigenvalue weighted by molar-refractivity contribution is -0.108. The lowest BCUT2D eigenvalue weighted by Gasteiger charge is -2.09. The number of fused-ring (bicyclic) bond motifs is 1. The predicted octanol–water partition coefficient (Wildman–Crippen LogP) is 1.65. The fourth-order valence-electron chi connectivity index (χ4n) is 2.20. The molecule has 0 amide bonds. The van der Waals surface area contributed by atoms with Crippen molar-refractivity contribution in [1.82, 2.24) is 0 Å². The van der Waals surface area contributed by atoms with E-state index in [0.29, 0.717) is 23.5 Å². The first kappa shape index (κ1) is 11.6. The Morgan fingerprint density at radius 2 is 1.94 bits per heavy atom. The summed E-state index contributed by atoms with van der Waals surface area (Å²) in [5.74, 6) is 0.963. The first-order chi connectivity index (χ1) is 8.21. The molecular weight excluding hydrogens is 220 g/mol. The molecule has 0 radical (unpaired) electrons. The number of ether oxygens (including phenoxy) is 2. The van der Waals surface area contributed by atoms with Gasteiger partial charge in [-0.05, 0) is 24.1 Å². The van der Waals surface area contributed by atoms with E-state index in [0.717, 1.165) is 11.8 Å². The smallest absolute Gasteiger partial charge is 0.167 e. The van der Waals surface area contributed by atoms with Crippen LogP contribution >= 0.6 is 0 Å². The van der Waals surface area contributed by atoms with Gasteiger partial charge in [0.2, 0.25) is 0 Å². The van der Waals surface area contributed by atoms with Crippen LogP contribution in [0.25, 0.3) is 0 Å². The highest BCUT2D eigenvalue weighted by atomic mass is 16.5. The van der Waals surface area contributed by atoms with E-state index < -0.39 is 0 Å². The molecule has 1 aliphatic rings. The van der Waals surface area contributed by atoms with Crippen molar-refractivity contribution in [1.29, 1.82) is 0 Å². The Hall–Kier alpha value is -1.84. The molecule has 0 aromatic heterocycles. The summed E-state index contributed by atoms with van der Waals surface area (Å²) >= 11 is 0. The minimum atomic E-state index is -0.223. The number of ketones is 1. The van der Waals surface area contributed by atoms with Crippen LogP contribution in [0.3, 0.4) is 0 Å². The summed E-state index contributed by atoms with van der Waals surface area (Å²) in [4.78, 5) is 22.5. The third-order valence-corrected chi connectivity index (χ3v) is 3.09. The first-order valence-electron chi connectivity index (χ1n) is 5.44. The van der Waals surface area contributed by atoms with Gasteiger partial charge in [-0.3, -0.25) is 4.79 Å². The molecule has 0 saturated carbocycles.